The molecule has 4 aromatic heterocycles. The number of fused-ring (bicyclic) bond motifs is 2. The molecule has 0 radical (unpaired) electrons. The first-order valence-corrected chi connectivity index (χ1v) is 13.5. The number of benzene rings is 1. The van der Waals surface area contributed by atoms with Gasteiger partial charge in [-0.25, -0.2) is 28.8 Å². The highest BCUT2D eigenvalue weighted by Gasteiger charge is 2.32. The topological polar surface area (TPSA) is 110 Å². The van der Waals surface area contributed by atoms with Gasteiger partial charge >= 0.3 is 0 Å². The van der Waals surface area contributed by atoms with Crippen molar-refractivity contribution in [2.24, 2.45) is 5.92 Å². The second-order valence-electron chi connectivity index (χ2n) is 10.1. The van der Waals surface area contributed by atoms with E-state index >= 15 is 4.39 Å². The lowest BCUT2D eigenvalue weighted by Gasteiger charge is -2.22. The summed E-state index contributed by atoms with van der Waals surface area (Å²) in [5.74, 6) is 1.22. The van der Waals surface area contributed by atoms with Gasteiger partial charge in [-0.05, 0) is 61.6 Å². The number of hydrogen-bond acceptors (Lipinski definition) is 8. The fourth-order valence-electron chi connectivity index (χ4n) is 5.47. The third-order valence-electron chi connectivity index (χ3n) is 7.60. The van der Waals surface area contributed by atoms with Gasteiger partial charge in [-0.15, -0.1) is 0 Å². The number of likely N-dealkylation sites (tertiary alicyclic amines) is 1. The first kappa shape index (κ1) is 26.3. The Balaban J connectivity index is 1.26. The summed E-state index contributed by atoms with van der Waals surface area (Å²) in [4.78, 5) is 31.8. The normalized spacial score (nSPS) is 15.8. The largest absolute Gasteiger partial charge is 0.457 e. The summed E-state index contributed by atoms with van der Waals surface area (Å²) in [7, 11) is 0. The van der Waals surface area contributed by atoms with Crippen LogP contribution in [0.5, 0.6) is 11.5 Å². The van der Waals surface area contributed by atoms with Crippen molar-refractivity contribution in [1.82, 2.24) is 34.4 Å². The summed E-state index contributed by atoms with van der Waals surface area (Å²) in [5.41, 5.74) is 3.71. The van der Waals surface area contributed by atoms with Crippen molar-refractivity contribution in [1.29, 1.82) is 0 Å². The highest BCUT2D eigenvalue weighted by molar-refractivity contribution is 5.88. The minimum atomic E-state index is -0.499. The Morgan fingerprint density at radius 1 is 1.22 bits per heavy atom. The fraction of sp³-hybridized carbons (Fsp3) is 0.267. The zero-order valence-corrected chi connectivity index (χ0v) is 22.8. The molecule has 11 heteroatoms. The van der Waals surface area contributed by atoms with Crippen molar-refractivity contribution in [3.63, 3.8) is 0 Å². The van der Waals surface area contributed by atoms with E-state index in [4.69, 9.17) is 9.72 Å². The second kappa shape index (κ2) is 10.9. The van der Waals surface area contributed by atoms with Gasteiger partial charge in [0.1, 0.15) is 35.5 Å². The summed E-state index contributed by atoms with van der Waals surface area (Å²) < 4.78 is 22.9. The molecule has 2 unspecified atom stereocenters. The lowest BCUT2D eigenvalue weighted by atomic mass is 9.86. The molecule has 208 valence electrons. The second-order valence-corrected chi connectivity index (χ2v) is 10.1. The summed E-state index contributed by atoms with van der Waals surface area (Å²) in [6, 6.07) is 10.4. The fourth-order valence-corrected chi connectivity index (χ4v) is 5.47. The number of aromatic nitrogens is 6. The summed E-state index contributed by atoms with van der Waals surface area (Å²) in [6.07, 6.45) is 7.75. The Kier molecular flexibility index (Phi) is 7.00. The molecule has 10 nitrogen and oxygen atoms in total. The Labute approximate surface area is 235 Å². The molecule has 2 atom stereocenters. The molecular weight excluding hydrogens is 523 g/mol. The van der Waals surface area contributed by atoms with Gasteiger partial charge in [0, 0.05) is 43.0 Å². The van der Waals surface area contributed by atoms with Crippen LogP contribution in [-0.4, -0.2) is 53.4 Å². The highest BCUT2D eigenvalue weighted by Crippen LogP contribution is 2.36. The molecule has 1 aliphatic heterocycles. The number of carbonyl (C=O) groups excluding carboxylic acids is 1. The monoisotopic (exact) mass is 552 g/mol. The molecule has 1 N–H and O–H groups in total. The Morgan fingerprint density at radius 3 is 2.93 bits per heavy atom. The van der Waals surface area contributed by atoms with Crippen molar-refractivity contribution in [3.8, 4) is 11.5 Å². The predicted molar refractivity (Wildman–Crippen MR) is 153 cm³/mol. The number of aryl methyl sites for hydroxylation is 1. The number of hydrogen-bond donors (Lipinski definition) is 1. The number of anilines is 2. The van der Waals surface area contributed by atoms with Crippen LogP contribution in [0, 0.1) is 18.7 Å². The average molecular weight is 553 g/mol. The van der Waals surface area contributed by atoms with E-state index < -0.39 is 5.82 Å². The summed E-state index contributed by atoms with van der Waals surface area (Å²) in [5, 5.41) is 7.19. The van der Waals surface area contributed by atoms with Crippen LogP contribution in [0.4, 0.5) is 15.9 Å². The molecule has 1 fully saturated rings. The van der Waals surface area contributed by atoms with Crippen LogP contribution in [0.3, 0.4) is 0 Å². The molecule has 0 saturated carbocycles. The number of halogens is 1. The van der Waals surface area contributed by atoms with Crippen LogP contribution in [-0.2, 0) is 4.79 Å². The van der Waals surface area contributed by atoms with Gasteiger partial charge in [0.25, 0.3) is 0 Å². The zero-order chi connectivity index (χ0) is 28.5. The van der Waals surface area contributed by atoms with Gasteiger partial charge in [0.15, 0.2) is 11.5 Å². The van der Waals surface area contributed by atoms with Gasteiger partial charge in [-0.2, -0.15) is 5.10 Å². The molecule has 1 aromatic carbocycles. The van der Waals surface area contributed by atoms with E-state index in [0.29, 0.717) is 47.1 Å². The average Bonchev–Trinajstić information content (AvgIpc) is 3.66. The van der Waals surface area contributed by atoms with Crippen molar-refractivity contribution < 1.29 is 13.9 Å². The third kappa shape index (κ3) is 5.18. The number of pyridine rings is 2. The number of rotatable bonds is 8. The first-order chi connectivity index (χ1) is 19.9. The maximum Gasteiger partial charge on any atom is 0.245 e. The number of nitrogens with zero attached hydrogens (tertiary/aromatic N) is 7. The van der Waals surface area contributed by atoms with Crippen LogP contribution in [0.2, 0.25) is 0 Å². The van der Waals surface area contributed by atoms with Crippen molar-refractivity contribution in [2.45, 2.75) is 32.6 Å². The molecule has 0 bridgehead atoms. The highest BCUT2D eigenvalue weighted by atomic mass is 19.1. The quantitative estimate of drug-likeness (QED) is 0.249. The summed E-state index contributed by atoms with van der Waals surface area (Å²) >= 11 is 0. The van der Waals surface area contributed by atoms with Gasteiger partial charge in [-0.1, -0.05) is 13.5 Å². The summed E-state index contributed by atoms with van der Waals surface area (Å²) in [6.45, 7) is 8.97. The number of ether oxygens (including phenoxy) is 1. The third-order valence-corrected chi connectivity index (χ3v) is 7.60. The van der Waals surface area contributed by atoms with Gasteiger partial charge in [0.2, 0.25) is 5.91 Å². The van der Waals surface area contributed by atoms with E-state index in [-0.39, 0.29) is 23.4 Å². The number of amides is 1. The Bertz CT molecular complexity index is 1770. The van der Waals surface area contributed by atoms with E-state index in [0.717, 1.165) is 24.1 Å². The molecule has 1 aliphatic rings. The van der Waals surface area contributed by atoms with Crippen LogP contribution < -0.4 is 10.1 Å². The maximum atomic E-state index is 15.3. The molecule has 1 saturated heterocycles. The zero-order valence-electron chi connectivity index (χ0n) is 22.8. The lowest BCUT2D eigenvalue weighted by Crippen LogP contribution is -2.27. The Morgan fingerprint density at radius 2 is 2.10 bits per heavy atom. The number of carbonyl (C=O) groups is 1. The van der Waals surface area contributed by atoms with Gasteiger partial charge in [0.05, 0.1) is 11.2 Å². The molecule has 0 spiro atoms. The van der Waals surface area contributed by atoms with Crippen LogP contribution in [0.15, 0.2) is 67.9 Å². The van der Waals surface area contributed by atoms with E-state index in [2.05, 4.69) is 38.9 Å². The minimum Gasteiger partial charge on any atom is -0.457 e. The maximum absolute atomic E-state index is 15.3. The molecule has 1 amide bonds. The smallest absolute Gasteiger partial charge is 0.245 e. The van der Waals surface area contributed by atoms with Crippen molar-refractivity contribution in [3.05, 3.63) is 85.0 Å². The van der Waals surface area contributed by atoms with Gasteiger partial charge < -0.3 is 15.0 Å². The van der Waals surface area contributed by atoms with Crippen LogP contribution in [0.1, 0.15) is 36.9 Å². The van der Waals surface area contributed by atoms with Crippen LogP contribution >= 0.6 is 0 Å². The van der Waals surface area contributed by atoms with Crippen molar-refractivity contribution in [2.75, 3.05) is 18.4 Å². The van der Waals surface area contributed by atoms with Crippen LogP contribution in [0.25, 0.3) is 16.7 Å². The lowest BCUT2D eigenvalue weighted by molar-refractivity contribution is -0.125. The molecule has 6 rings (SSSR count). The van der Waals surface area contributed by atoms with E-state index in [1.807, 2.05) is 24.0 Å². The van der Waals surface area contributed by atoms with E-state index in [9.17, 15) is 4.79 Å². The molecule has 5 heterocycles. The minimum absolute atomic E-state index is 0.0427. The number of nitrogens with one attached hydrogen (secondary N) is 1. The van der Waals surface area contributed by atoms with Gasteiger partial charge in [-0.3, -0.25) is 4.79 Å². The molecule has 41 heavy (non-hydrogen) atoms. The SMILES string of the molecule is C=CC(=O)N1CCC(C(CC)c2ccc3ncnc(Nc4cc(C)c(Oc5ccn6ncnc6c5)cc4F)c3n2)C1. The first-order valence-electron chi connectivity index (χ1n) is 13.5. The molecule has 5 aromatic rings. The molecular formula is C30H29FN8O2. The Hall–Kier alpha value is -4.93. The van der Waals surface area contributed by atoms with E-state index in [1.54, 1.807) is 28.9 Å². The van der Waals surface area contributed by atoms with Crippen molar-refractivity contribution >= 4 is 34.1 Å². The molecule has 0 aliphatic carbocycles. The standard InChI is InChI=1S/C30H29FN8O2/c1-4-21(19-8-10-38(15-19)28(40)5-2)23-6-7-24-29(36-23)30(34-16-32-24)37-25-12-18(3)26(14-22(25)31)41-20-9-11-39-27(13-20)33-17-35-39/h5-7,9,11-14,16-17,19,21H,2,4,8,10,15H2,1,3H3,(H,32,34,37). The van der Waals surface area contributed by atoms with E-state index in [1.165, 1.54) is 24.8 Å². The predicted octanol–water partition coefficient (Wildman–Crippen LogP) is 5.58.